The predicted octanol–water partition coefficient (Wildman–Crippen LogP) is 2.31. The van der Waals surface area contributed by atoms with Gasteiger partial charge in [0.05, 0.1) is 11.3 Å². The zero-order valence-corrected chi connectivity index (χ0v) is 9.89. The van der Waals surface area contributed by atoms with Crippen molar-refractivity contribution >= 4 is 23.1 Å². The average Bonchev–Trinajstić information content (AvgIpc) is 2.79. The molecule has 0 aromatic heterocycles. The lowest BCUT2D eigenvalue weighted by Crippen LogP contribution is -2.13. The highest BCUT2D eigenvalue weighted by Gasteiger charge is 2.14. The molecule has 3 nitrogen and oxygen atoms in total. The smallest absolute Gasteiger partial charge is 0.101 e. The summed E-state index contributed by atoms with van der Waals surface area (Å²) in [6.07, 6.45) is 1.30. The summed E-state index contributed by atoms with van der Waals surface area (Å²) in [4.78, 5) is 0. The first kappa shape index (κ1) is 11.2. The fourth-order valence-corrected chi connectivity index (χ4v) is 3.07. The third-order valence-electron chi connectivity index (χ3n) is 2.79. The van der Waals surface area contributed by atoms with Gasteiger partial charge in [0.15, 0.2) is 0 Å². The van der Waals surface area contributed by atoms with Gasteiger partial charge in [-0.1, -0.05) is 0 Å². The second-order valence-corrected chi connectivity index (χ2v) is 5.17. The third-order valence-corrected chi connectivity index (χ3v) is 4.02. The Kier molecular flexibility index (Phi) is 3.58. The number of benzene rings is 1. The number of nitrogen functional groups attached to an aromatic ring is 1. The van der Waals surface area contributed by atoms with Gasteiger partial charge in [-0.3, -0.25) is 0 Å². The van der Waals surface area contributed by atoms with E-state index >= 15 is 0 Å². The molecule has 0 aliphatic carbocycles. The molecule has 0 amide bonds. The highest BCUT2D eigenvalue weighted by atomic mass is 32.2. The van der Waals surface area contributed by atoms with Crippen molar-refractivity contribution in [2.75, 3.05) is 29.1 Å². The molecule has 4 heteroatoms. The molecule has 16 heavy (non-hydrogen) atoms. The third kappa shape index (κ3) is 2.61. The number of hydrogen-bond donors (Lipinski definition) is 2. The van der Waals surface area contributed by atoms with Crippen molar-refractivity contribution in [1.82, 2.24) is 0 Å². The lowest BCUT2D eigenvalue weighted by Gasteiger charge is -2.11. The summed E-state index contributed by atoms with van der Waals surface area (Å²) in [7, 11) is 0. The van der Waals surface area contributed by atoms with E-state index in [9.17, 15) is 0 Å². The van der Waals surface area contributed by atoms with Crippen molar-refractivity contribution in [3.63, 3.8) is 0 Å². The second kappa shape index (κ2) is 5.13. The van der Waals surface area contributed by atoms with Crippen LogP contribution in [-0.4, -0.2) is 18.1 Å². The minimum atomic E-state index is 0.543. The maximum Gasteiger partial charge on any atom is 0.101 e. The predicted molar refractivity (Wildman–Crippen MR) is 69.5 cm³/mol. The first-order valence-electron chi connectivity index (χ1n) is 5.41. The lowest BCUT2D eigenvalue weighted by atomic mass is 10.1. The highest BCUT2D eigenvalue weighted by molar-refractivity contribution is 7.99. The van der Waals surface area contributed by atoms with Crippen LogP contribution >= 0.6 is 11.8 Å². The van der Waals surface area contributed by atoms with Crippen LogP contribution in [0.5, 0.6) is 0 Å². The van der Waals surface area contributed by atoms with Crippen molar-refractivity contribution in [2.24, 2.45) is 5.92 Å². The Morgan fingerprint density at radius 3 is 3.06 bits per heavy atom. The Morgan fingerprint density at radius 1 is 1.56 bits per heavy atom. The van der Waals surface area contributed by atoms with Gasteiger partial charge in [-0.25, -0.2) is 0 Å². The Bertz CT molecular complexity index is 405. The van der Waals surface area contributed by atoms with Crippen LogP contribution in [0, 0.1) is 17.2 Å². The van der Waals surface area contributed by atoms with E-state index in [1.165, 1.54) is 17.9 Å². The van der Waals surface area contributed by atoms with Gasteiger partial charge in [0.2, 0.25) is 0 Å². The van der Waals surface area contributed by atoms with Crippen molar-refractivity contribution < 1.29 is 0 Å². The molecule has 1 unspecified atom stereocenters. The van der Waals surface area contributed by atoms with Crippen LogP contribution in [0.1, 0.15) is 12.0 Å². The van der Waals surface area contributed by atoms with Crippen LogP contribution < -0.4 is 11.1 Å². The molecule has 2 rings (SSSR count). The summed E-state index contributed by atoms with van der Waals surface area (Å²) >= 11 is 2.02. The zero-order chi connectivity index (χ0) is 11.4. The number of nitrogens with zero attached hydrogens (tertiary/aromatic N) is 1. The molecular formula is C12H15N3S. The largest absolute Gasteiger partial charge is 0.398 e. The molecule has 3 N–H and O–H groups in total. The topological polar surface area (TPSA) is 61.8 Å². The van der Waals surface area contributed by atoms with Crippen LogP contribution in [-0.2, 0) is 0 Å². The number of nitrogens with one attached hydrogen (secondary N) is 1. The summed E-state index contributed by atoms with van der Waals surface area (Å²) in [5, 5.41) is 12.1. The fourth-order valence-electron chi connectivity index (χ4n) is 1.78. The van der Waals surface area contributed by atoms with Crippen molar-refractivity contribution in [1.29, 1.82) is 5.26 Å². The fraction of sp³-hybridized carbons (Fsp3) is 0.417. The van der Waals surface area contributed by atoms with Crippen LogP contribution in [0.4, 0.5) is 11.4 Å². The number of nitrogens with two attached hydrogens (primary N) is 1. The molecule has 1 atom stereocenters. The van der Waals surface area contributed by atoms with E-state index in [1.54, 1.807) is 6.07 Å². The van der Waals surface area contributed by atoms with Gasteiger partial charge < -0.3 is 11.1 Å². The van der Waals surface area contributed by atoms with Crippen LogP contribution in [0.2, 0.25) is 0 Å². The molecule has 1 aliphatic rings. The van der Waals surface area contributed by atoms with Crippen LogP contribution in [0.15, 0.2) is 18.2 Å². The zero-order valence-electron chi connectivity index (χ0n) is 9.07. The molecule has 0 spiro atoms. The van der Waals surface area contributed by atoms with E-state index in [-0.39, 0.29) is 0 Å². The number of rotatable bonds is 3. The average molecular weight is 233 g/mol. The van der Waals surface area contributed by atoms with Gasteiger partial charge in [0.1, 0.15) is 6.07 Å². The van der Waals surface area contributed by atoms with E-state index in [2.05, 4.69) is 11.4 Å². The second-order valence-electron chi connectivity index (χ2n) is 4.02. The molecule has 1 saturated heterocycles. The lowest BCUT2D eigenvalue weighted by molar-refractivity contribution is 0.632. The van der Waals surface area contributed by atoms with Crippen molar-refractivity contribution in [2.45, 2.75) is 6.42 Å². The number of thioether (sulfide) groups is 1. The summed E-state index contributed by atoms with van der Waals surface area (Å²) < 4.78 is 0. The van der Waals surface area contributed by atoms with Gasteiger partial charge in [-0.2, -0.15) is 17.0 Å². The van der Waals surface area contributed by atoms with Gasteiger partial charge >= 0.3 is 0 Å². The Hall–Kier alpha value is -1.34. The SMILES string of the molecule is N#Cc1ccc(NCC2CCSC2)cc1N. The normalized spacial score (nSPS) is 19.3. The van der Waals surface area contributed by atoms with Gasteiger partial charge in [-0.15, -0.1) is 0 Å². The highest BCUT2D eigenvalue weighted by Crippen LogP contribution is 2.24. The molecule has 0 radical (unpaired) electrons. The van der Waals surface area contributed by atoms with Gasteiger partial charge in [-0.05, 0) is 42.0 Å². The van der Waals surface area contributed by atoms with E-state index in [4.69, 9.17) is 11.0 Å². The molecule has 0 bridgehead atoms. The number of nitriles is 1. The number of hydrogen-bond acceptors (Lipinski definition) is 4. The Balaban J connectivity index is 1.94. The van der Waals surface area contributed by atoms with E-state index in [1.807, 2.05) is 23.9 Å². The molecule has 1 aromatic carbocycles. The van der Waals surface area contributed by atoms with E-state index < -0.39 is 0 Å². The number of anilines is 2. The minimum Gasteiger partial charge on any atom is -0.398 e. The monoisotopic (exact) mass is 233 g/mol. The van der Waals surface area contributed by atoms with Crippen molar-refractivity contribution in [3.05, 3.63) is 23.8 Å². The van der Waals surface area contributed by atoms with E-state index in [0.29, 0.717) is 11.3 Å². The molecule has 1 aromatic rings. The molecule has 84 valence electrons. The van der Waals surface area contributed by atoms with Crippen molar-refractivity contribution in [3.8, 4) is 6.07 Å². The first-order chi connectivity index (χ1) is 7.79. The van der Waals surface area contributed by atoms with Gasteiger partial charge in [0.25, 0.3) is 0 Å². The Labute approximate surface area is 100 Å². The summed E-state index contributed by atoms with van der Waals surface area (Å²) in [6, 6.07) is 7.58. The Morgan fingerprint density at radius 2 is 2.44 bits per heavy atom. The standard InChI is InChI=1S/C12H15N3S/c13-6-10-1-2-11(5-12(10)14)15-7-9-3-4-16-8-9/h1-2,5,9,15H,3-4,7-8,14H2. The van der Waals surface area contributed by atoms with Crippen LogP contribution in [0.3, 0.4) is 0 Å². The summed E-state index contributed by atoms with van der Waals surface area (Å²) in [6.45, 7) is 0.998. The molecule has 1 fully saturated rings. The molecule has 1 heterocycles. The van der Waals surface area contributed by atoms with Crippen LogP contribution in [0.25, 0.3) is 0 Å². The maximum absolute atomic E-state index is 8.76. The first-order valence-corrected chi connectivity index (χ1v) is 6.56. The molecule has 0 saturated carbocycles. The molecular weight excluding hydrogens is 218 g/mol. The quantitative estimate of drug-likeness (QED) is 0.786. The van der Waals surface area contributed by atoms with E-state index in [0.717, 1.165) is 18.2 Å². The van der Waals surface area contributed by atoms with Gasteiger partial charge in [0, 0.05) is 12.2 Å². The molecule has 1 aliphatic heterocycles. The summed E-state index contributed by atoms with van der Waals surface area (Å²) in [5.74, 6) is 3.29. The minimum absolute atomic E-state index is 0.543. The summed E-state index contributed by atoms with van der Waals surface area (Å²) in [5.41, 5.74) is 7.85. The maximum atomic E-state index is 8.76.